The van der Waals surface area contributed by atoms with Crippen molar-refractivity contribution in [2.75, 3.05) is 13.2 Å². The first-order valence-corrected chi connectivity index (χ1v) is 24.6. The number of Topliss-reactive ketones (excluding diaryl/α,β-unsaturated/α-hetero) is 1. The highest BCUT2D eigenvalue weighted by Gasteiger charge is 2.36. The van der Waals surface area contributed by atoms with Crippen molar-refractivity contribution in [1.29, 1.82) is 0 Å². The summed E-state index contributed by atoms with van der Waals surface area (Å²) in [5.74, 6) is 16.9. The van der Waals surface area contributed by atoms with Gasteiger partial charge in [0.25, 0.3) is 0 Å². The number of hydrogen-bond donors (Lipinski definition) is 2. The molecule has 4 rings (SSSR count). The number of hydrogen-bond acceptors (Lipinski definition) is 8. The standard InChI is InChI=1S/C21H23ClO3Si.C21H22O3Si.ClH.H3NO/c1-13(23)25-11-7-10-16-18(22)12-17-14-8-5-6-9-15(14)20(24)19(17)21(16)26(2,3)4;1-18(22)24-16-11-7-5-6-8-12-19-13-9-10-14-20(19)21(23)15-17-25(2,3)4;;1-2/h5-6,8-9,12H,7,10-11H2,1-4H3;9-10,13-14H,7,11,16H2,1-4H3;1H;2H,1H2. The van der Waals surface area contributed by atoms with Gasteiger partial charge in [-0.1, -0.05) is 99.1 Å². The van der Waals surface area contributed by atoms with Crippen LogP contribution in [0.5, 0.6) is 0 Å². The van der Waals surface area contributed by atoms with Crippen LogP contribution in [0.15, 0.2) is 54.6 Å². The number of carbonyl (C=O) groups is 4. The molecule has 0 saturated carbocycles. The minimum absolute atomic E-state index is 0. The summed E-state index contributed by atoms with van der Waals surface area (Å²) in [7, 11) is -3.44. The number of benzene rings is 3. The number of ketones is 2. The second-order valence-electron chi connectivity index (χ2n) is 14.1. The zero-order valence-corrected chi connectivity index (χ0v) is 35.8. The first-order valence-electron chi connectivity index (χ1n) is 17.2. The fourth-order valence-electron chi connectivity index (χ4n) is 5.41. The number of fused-ring (bicyclic) bond motifs is 3. The van der Waals surface area contributed by atoms with Gasteiger partial charge in [-0.05, 0) is 77.1 Å². The molecule has 1 aliphatic carbocycles. The Morgan fingerprint density at radius 1 is 0.815 bits per heavy atom. The van der Waals surface area contributed by atoms with Gasteiger partial charge in [0, 0.05) is 47.5 Å². The van der Waals surface area contributed by atoms with Crippen molar-refractivity contribution in [2.24, 2.45) is 5.90 Å². The predicted octanol–water partition coefficient (Wildman–Crippen LogP) is 7.80. The zero-order chi connectivity index (χ0) is 39.8. The van der Waals surface area contributed by atoms with Crippen LogP contribution in [0.2, 0.25) is 44.3 Å². The van der Waals surface area contributed by atoms with Gasteiger partial charge in [-0.2, -0.15) is 0 Å². The van der Waals surface area contributed by atoms with E-state index in [0.717, 1.165) is 33.0 Å². The van der Waals surface area contributed by atoms with Crippen LogP contribution in [0.25, 0.3) is 11.1 Å². The molecule has 0 fully saturated rings. The second-order valence-corrected chi connectivity index (χ2v) is 24.2. The largest absolute Gasteiger partial charge is 0.466 e. The summed E-state index contributed by atoms with van der Waals surface area (Å²) < 4.78 is 9.87. The Morgan fingerprint density at radius 2 is 1.39 bits per heavy atom. The van der Waals surface area contributed by atoms with Crippen LogP contribution in [-0.2, 0) is 25.5 Å². The quantitative estimate of drug-likeness (QED) is 0.0438. The molecule has 3 N–H and O–H groups in total. The molecule has 0 heterocycles. The Bertz CT molecular complexity index is 2020. The number of nitrogens with two attached hydrogens (primary N) is 1. The maximum absolute atomic E-state index is 13.1. The SMILES string of the molecule is CC(=O)OCCCC#CC#Cc1ccccc1C(=O)C#C[Si](C)(C)C.CC(=O)OCCCc1c(Cl)cc2c(c1[Si](C)(C)C)C(=O)c1ccccc1-2.Cl.NO. The highest BCUT2D eigenvalue weighted by atomic mass is 35.5. The number of unbranched alkanes of at least 4 members (excludes halogenated alkanes) is 1. The molecule has 0 radical (unpaired) electrons. The number of carbonyl (C=O) groups excluding carboxylic acids is 4. The summed E-state index contributed by atoms with van der Waals surface area (Å²) in [5.41, 5.74) is 8.78. The lowest BCUT2D eigenvalue weighted by Crippen LogP contribution is -2.44. The third kappa shape index (κ3) is 14.8. The van der Waals surface area contributed by atoms with Crippen LogP contribution >= 0.6 is 24.0 Å². The Hall–Kier alpha value is -4.45. The third-order valence-corrected chi connectivity index (χ3v) is 10.8. The zero-order valence-electron chi connectivity index (χ0n) is 32.2. The van der Waals surface area contributed by atoms with Crippen LogP contribution in [0.3, 0.4) is 0 Å². The first-order chi connectivity index (χ1) is 25.0. The van der Waals surface area contributed by atoms with Crippen molar-refractivity contribution in [2.45, 2.75) is 78.8 Å². The van der Waals surface area contributed by atoms with Crippen molar-refractivity contribution in [3.8, 4) is 46.3 Å². The normalized spacial score (nSPS) is 10.6. The third-order valence-electron chi connectivity index (χ3n) is 7.52. The summed E-state index contributed by atoms with van der Waals surface area (Å²) in [5, 5.41) is 8.34. The van der Waals surface area contributed by atoms with Crippen LogP contribution < -0.4 is 11.1 Å². The van der Waals surface area contributed by atoms with Crippen LogP contribution in [0.4, 0.5) is 0 Å². The highest BCUT2D eigenvalue weighted by Crippen LogP contribution is 2.39. The molecular formula is C42H49Cl2NO7Si2. The van der Waals surface area contributed by atoms with Gasteiger partial charge in [-0.15, -0.1) is 18.0 Å². The summed E-state index contributed by atoms with van der Waals surface area (Å²) in [6.07, 6.45) is 2.67. The fourth-order valence-corrected chi connectivity index (χ4v) is 8.44. The second kappa shape index (κ2) is 22.7. The summed E-state index contributed by atoms with van der Waals surface area (Å²) in [6, 6.07) is 16.8. The van der Waals surface area contributed by atoms with E-state index in [1.807, 2.05) is 36.4 Å². The molecule has 3 aromatic carbocycles. The average molecular weight is 807 g/mol. The molecule has 0 atom stereocenters. The Balaban J connectivity index is 0.000000508. The fraction of sp³-hybridized carbons (Fsp3) is 0.333. The Kier molecular flexibility index (Phi) is 20.0. The molecule has 0 unspecified atom stereocenters. The molecule has 1 aliphatic rings. The van der Waals surface area contributed by atoms with Crippen LogP contribution in [0.1, 0.15) is 70.5 Å². The molecule has 8 nitrogen and oxygen atoms in total. The maximum Gasteiger partial charge on any atom is 0.302 e. The van der Waals surface area contributed by atoms with E-state index in [9.17, 15) is 19.2 Å². The topological polar surface area (TPSA) is 133 Å². The van der Waals surface area contributed by atoms with Crippen molar-refractivity contribution in [3.63, 3.8) is 0 Å². The number of ether oxygens (including phenoxy) is 2. The van der Waals surface area contributed by atoms with E-state index in [0.29, 0.717) is 55.0 Å². The monoisotopic (exact) mass is 805 g/mol. The Morgan fingerprint density at radius 3 is 1.98 bits per heavy atom. The summed E-state index contributed by atoms with van der Waals surface area (Å²) in [6.45, 7) is 16.5. The van der Waals surface area contributed by atoms with Gasteiger partial charge in [-0.3, -0.25) is 19.2 Å². The van der Waals surface area contributed by atoms with E-state index >= 15 is 0 Å². The van der Waals surface area contributed by atoms with Crippen molar-refractivity contribution >= 4 is 68.8 Å². The van der Waals surface area contributed by atoms with Gasteiger partial charge >= 0.3 is 11.9 Å². The lowest BCUT2D eigenvalue weighted by atomic mass is 10.0. The van der Waals surface area contributed by atoms with Gasteiger partial charge in [0.15, 0.2) is 5.78 Å². The average Bonchev–Trinajstić information content (AvgIpc) is 3.37. The van der Waals surface area contributed by atoms with Gasteiger partial charge in [0.2, 0.25) is 5.78 Å². The molecule has 0 aromatic heterocycles. The lowest BCUT2D eigenvalue weighted by molar-refractivity contribution is -0.142. The van der Waals surface area contributed by atoms with E-state index < -0.39 is 16.1 Å². The van der Waals surface area contributed by atoms with Crippen molar-refractivity contribution in [1.82, 2.24) is 0 Å². The Labute approximate surface area is 332 Å². The molecule has 54 heavy (non-hydrogen) atoms. The highest BCUT2D eigenvalue weighted by molar-refractivity contribution is 6.90. The number of rotatable bonds is 9. The molecule has 0 spiro atoms. The molecular weight excluding hydrogens is 758 g/mol. The molecule has 12 heteroatoms. The molecule has 0 saturated heterocycles. The molecule has 0 aliphatic heterocycles. The predicted molar refractivity (Wildman–Crippen MR) is 224 cm³/mol. The molecule has 286 valence electrons. The van der Waals surface area contributed by atoms with E-state index in [4.69, 9.17) is 26.3 Å². The van der Waals surface area contributed by atoms with Crippen molar-refractivity contribution in [3.05, 3.63) is 87.4 Å². The van der Waals surface area contributed by atoms with Crippen LogP contribution in [-0.4, -0.2) is 58.1 Å². The van der Waals surface area contributed by atoms with Crippen molar-refractivity contribution < 1.29 is 33.9 Å². The first kappa shape index (κ1) is 47.6. The lowest BCUT2D eigenvalue weighted by Gasteiger charge is -2.25. The summed E-state index contributed by atoms with van der Waals surface area (Å²) >= 11 is 6.68. The van der Waals surface area contributed by atoms with Gasteiger partial charge < -0.3 is 14.7 Å². The number of esters is 2. The van der Waals surface area contributed by atoms with Crippen LogP contribution in [0, 0.1) is 35.1 Å². The minimum Gasteiger partial charge on any atom is -0.466 e. The van der Waals surface area contributed by atoms with E-state index in [1.54, 1.807) is 18.2 Å². The van der Waals surface area contributed by atoms with E-state index in [-0.39, 0.29) is 35.9 Å². The molecule has 0 bridgehead atoms. The van der Waals surface area contributed by atoms with E-state index in [2.05, 4.69) is 80.3 Å². The smallest absolute Gasteiger partial charge is 0.302 e. The maximum atomic E-state index is 13.1. The molecule has 3 aromatic rings. The summed E-state index contributed by atoms with van der Waals surface area (Å²) in [4.78, 5) is 47.0. The number of halogens is 2. The van der Waals surface area contributed by atoms with E-state index in [1.165, 1.54) is 13.8 Å². The van der Waals surface area contributed by atoms with Gasteiger partial charge in [0.1, 0.15) is 8.07 Å². The van der Waals surface area contributed by atoms with Gasteiger partial charge in [-0.25, -0.2) is 5.90 Å². The molecule has 0 amide bonds. The van der Waals surface area contributed by atoms with Gasteiger partial charge in [0.05, 0.1) is 21.3 Å². The minimum atomic E-state index is -1.84.